The van der Waals surface area contributed by atoms with E-state index in [9.17, 15) is 0 Å². The third kappa shape index (κ3) is 4.67. The Morgan fingerprint density at radius 3 is 2.71 bits per heavy atom. The lowest BCUT2D eigenvalue weighted by atomic mass is 10.2. The molecule has 21 heavy (non-hydrogen) atoms. The second-order valence-corrected chi connectivity index (χ2v) is 5.54. The lowest BCUT2D eigenvalue weighted by Gasteiger charge is -2.11. The van der Waals surface area contributed by atoms with Gasteiger partial charge < -0.3 is 14.8 Å². The SMILES string of the molecule is CCCOc1cccc(NCc2cc(OC)ccc2Br)c1. The average Bonchev–Trinajstić information content (AvgIpc) is 2.52. The van der Waals surface area contributed by atoms with Crippen LogP contribution < -0.4 is 14.8 Å². The standard InChI is InChI=1S/C17H20BrNO2/c1-3-9-21-16-6-4-5-14(11-16)19-12-13-10-15(20-2)7-8-17(13)18/h4-8,10-11,19H,3,9,12H2,1-2H3. The summed E-state index contributed by atoms with van der Waals surface area (Å²) in [5.74, 6) is 1.75. The van der Waals surface area contributed by atoms with Crippen molar-refractivity contribution in [2.45, 2.75) is 19.9 Å². The van der Waals surface area contributed by atoms with Crippen molar-refractivity contribution in [1.82, 2.24) is 0 Å². The molecule has 0 saturated carbocycles. The van der Waals surface area contributed by atoms with E-state index in [0.717, 1.165) is 46.8 Å². The first-order chi connectivity index (χ1) is 10.2. The van der Waals surface area contributed by atoms with E-state index in [2.05, 4.69) is 28.2 Å². The highest BCUT2D eigenvalue weighted by atomic mass is 79.9. The van der Waals surface area contributed by atoms with Gasteiger partial charge in [0.1, 0.15) is 11.5 Å². The lowest BCUT2D eigenvalue weighted by Crippen LogP contribution is -2.01. The van der Waals surface area contributed by atoms with Gasteiger partial charge in [0, 0.05) is 22.8 Å². The highest BCUT2D eigenvalue weighted by Gasteiger charge is 2.03. The number of benzene rings is 2. The molecule has 0 aromatic heterocycles. The fourth-order valence-electron chi connectivity index (χ4n) is 1.93. The van der Waals surface area contributed by atoms with Crippen LogP contribution in [0.1, 0.15) is 18.9 Å². The van der Waals surface area contributed by atoms with Gasteiger partial charge in [-0.15, -0.1) is 0 Å². The van der Waals surface area contributed by atoms with Gasteiger partial charge in [0.25, 0.3) is 0 Å². The van der Waals surface area contributed by atoms with E-state index < -0.39 is 0 Å². The Labute approximate surface area is 134 Å². The average molecular weight is 350 g/mol. The first-order valence-corrected chi connectivity index (χ1v) is 7.81. The Morgan fingerprint density at radius 2 is 1.95 bits per heavy atom. The first-order valence-electron chi connectivity index (χ1n) is 7.02. The molecule has 3 nitrogen and oxygen atoms in total. The minimum absolute atomic E-state index is 0.717. The molecule has 0 atom stereocenters. The molecule has 0 saturated heterocycles. The first kappa shape index (κ1) is 15.7. The summed E-state index contributed by atoms with van der Waals surface area (Å²) in [6.45, 7) is 3.56. The number of nitrogens with one attached hydrogen (secondary N) is 1. The van der Waals surface area contributed by atoms with Crippen LogP contribution in [0.3, 0.4) is 0 Å². The van der Waals surface area contributed by atoms with E-state index >= 15 is 0 Å². The molecule has 0 fully saturated rings. The fraction of sp³-hybridized carbons (Fsp3) is 0.294. The van der Waals surface area contributed by atoms with Gasteiger partial charge in [0.05, 0.1) is 13.7 Å². The molecule has 0 aliphatic heterocycles. The van der Waals surface area contributed by atoms with Crippen molar-refractivity contribution in [3.63, 3.8) is 0 Å². The second kappa shape index (κ2) is 7.93. The van der Waals surface area contributed by atoms with Gasteiger partial charge in [-0.2, -0.15) is 0 Å². The van der Waals surface area contributed by atoms with Gasteiger partial charge in [-0.05, 0) is 42.3 Å². The van der Waals surface area contributed by atoms with Gasteiger partial charge in [-0.1, -0.05) is 28.9 Å². The zero-order valence-corrected chi connectivity index (χ0v) is 13.9. The lowest BCUT2D eigenvalue weighted by molar-refractivity contribution is 0.317. The maximum absolute atomic E-state index is 5.64. The molecule has 0 amide bonds. The largest absolute Gasteiger partial charge is 0.497 e. The normalized spacial score (nSPS) is 10.2. The van der Waals surface area contributed by atoms with Gasteiger partial charge >= 0.3 is 0 Å². The molecule has 2 aromatic carbocycles. The van der Waals surface area contributed by atoms with Crippen molar-refractivity contribution in [2.24, 2.45) is 0 Å². The van der Waals surface area contributed by atoms with Crippen molar-refractivity contribution in [2.75, 3.05) is 19.0 Å². The summed E-state index contributed by atoms with van der Waals surface area (Å²) < 4.78 is 12.0. The Hall–Kier alpha value is -1.68. The molecule has 4 heteroatoms. The molecule has 0 aliphatic carbocycles. The van der Waals surface area contributed by atoms with Gasteiger partial charge in [-0.3, -0.25) is 0 Å². The Morgan fingerprint density at radius 1 is 1.10 bits per heavy atom. The quantitative estimate of drug-likeness (QED) is 0.774. The fourth-order valence-corrected chi connectivity index (χ4v) is 2.31. The molecule has 2 rings (SSSR count). The Bertz CT molecular complexity index is 587. The topological polar surface area (TPSA) is 30.5 Å². The van der Waals surface area contributed by atoms with E-state index in [1.54, 1.807) is 7.11 Å². The predicted molar refractivity (Wildman–Crippen MR) is 90.2 cm³/mol. The van der Waals surface area contributed by atoms with E-state index in [-0.39, 0.29) is 0 Å². The third-order valence-corrected chi connectivity index (χ3v) is 3.82. The highest BCUT2D eigenvalue weighted by Crippen LogP contribution is 2.24. The van der Waals surface area contributed by atoms with Crippen LogP contribution in [0.5, 0.6) is 11.5 Å². The molecule has 2 aromatic rings. The summed E-state index contributed by atoms with van der Waals surface area (Å²) >= 11 is 3.56. The van der Waals surface area contributed by atoms with E-state index in [1.807, 2.05) is 42.5 Å². The van der Waals surface area contributed by atoms with Crippen molar-refractivity contribution in [3.05, 3.63) is 52.5 Å². The summed E-state index contributed by atoms with van der Waals surface area (Å²) in [5, 5.41) is 3.40. The summed E-state index contributed by atoms with van der Waals surface area (Å²) in [6, 6.07) is 14.0. The molecule has 0 aliphatic rings. The molecule has 1 N–H and O–H groups in total. The number of ether oxygens (including phenoxy) is 2. The zero-order valence-electron chi connectivity index (χ0n) is 12.4. The molecule has 0 radical (unpaired) electrons. The van der Waals surface area contributed by atoms with Crippen LogP contribution in [0.15, 0.2) is 46.9 Å². The molecule has 0 unspecified atom stereocenters. The number of anilines is 1. The monoisotopic (exact) mass is 349 g/mol. The Balaban J connectivity index is 2.02. The van der Waals surface area contributed by atoms with E-state index in [4.69, 9.17) is 9.47 Å². The maximum atomic E-state index is 5.64. The minimum atomic E-state index is 0.717. The van der Waals surface area contributed by atoms with Crippen molar-refractivity contribution in [3.8, 4) is 11.5 Å². The highest BCUT2D eigenvalue weighted by molar-refractivity contribution is 9.10. The summed E-state index contributed by atoms with van der Waals surface area (Å²) in [6.07, 6.45) is 1.01. The number of rotatable bonds is 7. The number of halogens is 1. The van der Waals surface area contributed by atoms with Crippen LogP contribution in [0.25, 0.3) is 0 Å². The number of hydrogen-bond donors (Lipinski definition) is 1. The van der Waals surface area contributed by atoms with Crippen LogP contribution in [-0.2, 0) is 6.54 Å². The molecule has 0 heterocycles. The second-order valence-electron chi connectivity index (χ2n) is 4.69. The van der Waals surface area contributed by atoms with Crippen LogP contribution in [0, 0.1) is 0 Å². The third-order valence-electron chi connectivity index (χ3n) is 3.04. The zero-order chi connectivity index (χ0) is 15.1. The van der Waals surface area contributed by atoms with E-state index in [1.165, 1.54) is 0 Å². The number of hydrogen-bond acceptors (Lipinski definition) is 3. The van der Waals surface area contributed by atoms with Crippen LogP contribution in [0.4, 0.5) is 5.69 Å². The van der Waals surface area contributed by atoms with Gasteiger partial charge in [0.15, 0.2) is 0 Å². The predicted octanol–water partition coefficient (Wildman–Crippen LogP) is 4.86. The molecule has 112 valence electrons. The molecular formula is C17H20BrNO2. The Kier molecular flexibility index (Phi) is 5.93. The summed E-state index contributed by atoms with van der Waals surface area (Å²) in [7, 11) is 1.68. The molecule has 0 spiro atoms. The van der Waals surface area contributed by atoms with Crippen molar-refractivity contribution < 1.29 is 9.47 Å². The van der Waals surface area contributed by atoms with Gasteiger partial charge in [-0.25, -0.2) is 0 Å². The molecular weight excluding hydrogens is 330 g/mol. The van der Waals surface area contributed by atoms with Crippen LogP contribution in [0.2, 0.25) is 0 Å². The maximum Gasteiger partial charge on any atom is 0.121 e. The van der Waals surface area contributed by atoms with Gasteiger partial charge in [0.2, 0.25) is 0 Å². The number of methoxy groups -OCH3 is 1. The molecule has 0 bridgehead atoms. The van der Waals surface area contributed by atoms with Crippen LogP contribution in [-0.4, -0.2) is 13.7 Å². The van der Waals surface area contributed by atoms with E-state index in [0.29, 0.717) is 0 Å². The summed E-state index contributed by atoms with van der Waals surface area (Å²) in [5.41, 5.74) is 2.19. The summed E-state index contributed by atoms with van der Waals surface area (Å²) in [4.78, 5) is 0. The minimum Gasteiger partial charge on any atom is -0.497 e. The smallest absolute Gasteiger partial charge is 0.121 e. The van der Waals surface area contributed by atoms with Crippen molar-refractivity contribution >= 4 is 21.6 Å². The van der Waals surface area contributed by atoms with Crippen LogP contribution >= 0.6 is 15.9 Å². The van der Waals surface area contributed by atoms with Crippen molar-refractivity contribution in [1.29, 1.82) is 0 Å².